The van der Waals surface area contributed by atoms with Crippen LogP contribution in [0.3, 0.4) is 0 Å². The van der Waals surface area contributed by atoms with E-state index in [2.05, 4.69) is 14.9 Å². The summed E-state index contributed by atoms with van der Waals surface area (Å²) >= 11 is 0. The summed E-state index contributed by atoms with van der Waals surface area (Å²) in [6, 6.07) is 3.50. The van der Waals surface area contributed by atoms with Gasteiger partial charge in [0.25, 0.3) is 0 Å². The van der Waals surface area contributed by atoms with Crippen molar-refractivity contribution in [3.05, 3.63) is 35.0 Å². The number of nitrogens with two attached hydrogens (primary N) is 1. The fourth-order valence-electron chi connectivity index (χ4n) is 1.78. The first kappa shape index (κ1) is 13.8. The fourth-order valence-corrected chi connectivity index (χ4v) is 3.15. The van der Waals surface area contributed by atoms with Crippen LogP contribution in [0.15, 0.2) is 21.4 Å². The molecule has 0 amide bonds. The van der Waals surface area contributed by atoms with Gasteiger partial charge >= 0.3 is 0 Å². The summed E-state index contributed by atoms with van der Waals surface area (Å²) in [7, 11) is -3.66. The highest BCUT2D eigenvalue weighted by Crippen LogP contribution is 2.17. The van der Waals surface area contributed by atoms with Gasteiger partial charge in [0.1, 0.15) is 16.4 Å². The van der Waals surface area contributed by atoms with Crippen LogP contribution in [0.4, 0.5) is 0 Å². The highest BCUT2D eigenvalue weighted by atomic mass is 32.2. The minimum absolute atomic E-state index is 0.0560. The van der Waals surface area contributed by atoms with E-state index in [1.165, 1.54) is 0 Å². The summed E-state index contributed by atoms with van der Waals surface area (Å²) in [6.45, 7) is 3.58. The average molecular weight is 284 g/mol. The predicted octanol–water partition coefficient (Wildman–Crippen LogP) is 0.557. The molecular formula is C11H16N4O3S. The van der Waals surface area contributed by atoms with E-state index in [0.717, 1.165) is 5.76 Å². The van der Waals surface area contributed by atoms with Gasteiger partial charge < -0.3 is 10.2 Å². The Labute approximate surface area is 111 Å². The topological polar surface area (TPSA) is 114 Å². The van der Waals surface area contributed by atoms with Crippen LogP contribution in [0, 0.1) is 13.8 Å². The fraction of sp³-hybridized carbons (Fsp3) is 0.364. The third-order valence-corrected chi connectivity index (χ3v) is 4.26. The molecule has 2 heterocycles. The maximum atomic E-state index is 12.2. The average Bonchev–Trinajstić information content (AvgIpc) is 2.93. The van der Waals surface area contributed by atoms with E-state index in [-0.39, 0.29) is 18.0 Å². The Morgan fingerprint density at radius 2 is 2.16 bits per heavy atom. The number of H-pyrrole nitrogens is 1. The number of aryl methyl sites for hydroxylation is 2. The van der Waals surface area contributed by atoms with E-state index < -0.39 is 10.0 Å². The molecule has 0 bridgehead atoms. The van der Waals surface area contributed by atoms with Gasteiger partial charge in [0, 0.05) is 6.54 Å². The lowest BCUT2D eigenvalue weighted by molar-refractivity contribution is 0.475. The van der Waals surface area contributed by atoms with Crippen molar-refractivity contribution < 1.29 is 12.8 Å². The van der Waals surface area contributed by atoms with Crippen LogP contribution in [-0.2, 0) is 23.1 Å². The molecule has 0 saturated carbocycles. The minimum Gasteiger partial charge on any atom is -0.465 e. The zero-order valence-corrected chi connectivity index (χ0v) is 11.5. The van der Waals surface area contributed by atoms with Crippen LogP contribution in [0.1, 0.15) is 22.9 Å². The van der Waals surface area contributed by atoms with Gasteiger partial charge in [-0.15, -0.1) is 0 Å². The Balaban J connectivity index is 2.20. The number of aromatic nitrogens is 2. The van der Waals surface area contributed by atoms with Gasteiger partial charge in [-0.2, -0.15) is 5.10 Å². The van der Waals surface area contributed by atoms with E-state index >= 15 is 0 Å². The summed E-state index contributed by atoms with van der Waals surface area (Å²) in [5.41, 5.74) is 6.26. The molecule has 0 spiro atoms. The first-order valence-electron chi connectivity index (χ1n) is 5.73. The van der Waals surface area contributed by atoms with Gasteiger partial charge in [-0.3, -0.25) is 5.10 Å². The Bertz CT molecular complexity index is 672. The Kier molecular flexibility index (Phi) is 3.74. The van der Waals surface area contributed by atoms with Gasteiger partial charge in [0.15, 0.2) is 0 Å². The third-order valence-electron chi connectivity index (χ3n) is 2.66. The maximum Gasteiger partial charge on any atom is 0.244 e. The molecule has 0 fully saturated rings. The second-order valence-corrected chi connectivity index (χ2v) is 5.87. The van der Waals surface area contributed by atoms with Crippen molar-refractivity contribution in [2.75, 3.05) is 0 Å². The molecule has 8 heteroatoms. The minimum atomic E-state index is -3.66. The smallest absolute Gasteiger partial charge is 0.244 e. The number of hydrogen-bond donors (Lipinski definition) is 3. The number of nitrogens with zero attached hydrogens (tertiary/aromatic N) is 1. The quantitative estimate of drug-likeness (QED) is 0.742. The Hall–Kier alpha value is -1.64. The molecule has 0 aliphatic carbocycles. The molecule has 0 radical (unpaired) electrons. The van der Waals surface area contributed by atoms with E-state index in [9.17, 15) is 8.42 Å². The molecule has 0 unspecified atom stereocenters. The Morgan fingerprint density at radius 3 is 2.74 bits per heavy atom. The van der Waals surface area contributed by atoms with Crippen LogP contribution in [0.25, 0.3) is 0 Å². The van der Waals surface area contributed by atoms with Crippen LogP contribution < -0.4 is 10.5 Å². The van der Waals surface area contributed by atoms with E-state index in [0.29, 0.717) is 17.1 Å². The summed E-state index contributed by atoms with van der Waals surface area (Å²) in [5.74, 6) is 1.29. The molecule has 2 aromatic rings. The van der Waals surface area contributed by atoms with Crippen molar-refractivity contribution in [2.45, 2.75) is 31.8 Å². The summed E-state index contributed by atoms with van der Waals surface area (Å²) in [6.07, 6.45) is 0. The highest BCUT2D eigenvalue weighted by Gasteiger charge is 2.23. The van der Waals surface area contributed by atoms with Gasteiger partial charge in [-0.1, -0.05) is 0 Å². The van der Waals surface area contributed by atoms with Crippen molar-refractivity contribution >= 4 is 10.0 Å². The van der Waals surface area contributed by atoms with Crippen molar-refractivity contribution in [3.8, 4) is 0 Å². The van der Waals surface area contributed by atoms with Crippen molar-refractivity contribution in [3.63, 3.8) is 0 Å². The third kappa shape index (κ3) is 2.86. The molecule has 4 N–H and O–H groups in total. The van der Waals surface area contributed by atoms with Crippen LogP contribution in [0.2, 0.25) is 0 Å². The maximum absolute atomic E-state index is 12.2. The zero-order chi connectivity index (χ0) is 14.0. The largest absolute Gasteiger partial charge is 0.465 e. The second kappa shape index (κ2) is 5.16. The van der Waals surface area contributed by atoms with E-state index in [4.69, 9.17) is 10.2 Å². The lowest BCUT2D eigenvalue weighted by Crippen LogP contribution is -2.24. The normalized spacial score (nSPS) is 11.9. The van der Waals surface area contributed by atoms with Gasteiger partial charge in [-0.25, -0.2) is 13.1 Å². The second-order valence-electron chi connectivity index (χ2n) is 4.17. The van der Waals surface area contributed by atoms with Gasteiger partial charge in [0.05, 0.1) is 17.9 Å². The molecule has 0 saturated heterocycles. The SMILES string of the molecule is Cc1ccc(CNS(=O)(=O)c2c(CN)n[nH]c2C)o1. The molecule has 7 nitrogen and oxygen atoms in total. The molecule has 0 aliphatic heterocycles. The van der Waals surface area contributed by atoms with Crippen molar-refractivity contribution in [2.24, 2.45) is 5.73 Å². The molecule has 19 heavy (non-hydrogen) atoms. The van der Waals surface area contributed by atoms with Gasteiger partial charge in [-0.05, 0) is 26.0 Å². The number of aromatic amines is 1. The summed E-state index contributed by atoms with van der Waals surface area (Å²) in [5, 5.41) is 6.49. The summed E-state index contributed by atoms with van der Waals surface area (Å²) < 4.78 is 32.2. The molecular weight excluding hydrogens is 268 g/mol. The number of hydrogen-bond acceptors (Lipinski definition) is 5. The predicted molar refractivity (Wildman–Crippen MR) is 68.7 cm³/mol. The molecule has 2 rings (SSSR count). The Morgan fingerprint density at radius 1 is 1.42 bits per heavy atom. The zero-order valence-electron chi connectivity index (χ0n) is 10.7. The van der Waals surface area contributed by atoms with Gasteiger partial charge in [0.2, 0.25) is 10.0 Å². The lowest BCUT2D eigenvalue weighted by atomic mass is 10.4. The van der Waals surface area contributed by atoms with Crippen LogP contribution in [-0.4, -0.2) is 18.6 Å². The highest BCUT2D eigenvalue weighted by molar-refractivity contribution is 7.89. The number of rotatable bonds is 5. The van der Waals surface area contributed by atoms with E-state index in [1.807, 2.05) is 0 Å². The van der Waals surface area contributed by atoms with Crippen molar-refractivity contribution in [1.29, 1.82) is 0 Å². The summed E-state index contributed by atoms with van der Waals surface area (Å²) in [4.78, 5) is 0.110. The molecule has 0 atom stereocenters. The first-order chi connectivity index (χ1) is 8.94. The van der Waals surface area contributed by atoms with E-state index in [1.54, 1.807) is 26.0 Å². The number of nitrogens with one attached hydrogen (secondary N) is 2. The molecule has 2 aromatic heterocycles. The lowest BCUT2D eigenvalue weighted by Gasteiger charge is -2.06. The van der Waals surface area contributed by atoms with Crippen LogP contribution >= 0.6 is 0 Å². The standard InChI is InChI=1S/C11H16N4O3S/c1-7-3-4-9(18-7)6-13-19(16,17)11-8(2)14-15-10(11)5-12/h3-4,13H,5-6,12H2,1-2H3,(H,14,15). The molecule has 0 aromatic carbocycles. The van der Waals surface area contributed by atoms with Crippen LogP contribution in [0.5, 0.6) is 0 Å². The molecule has 0 aliphatic rings. The first-order valence-corrected chi connectivity index (χ1v) is 7.21. The number of furan rings is 1. The van der Waals surface area contributed by atoms with Crippen molar-refractivity contribution in [1.82, 2.24) is 14.9 Å². The number of sulfonamides is 1. The molecule has 104 valence electrons. The monoisotopic (exact) mass is 284 g/mol.